The van der Waals surface area contributed by atoms with Crippen molar-refractivity contribution in [1.82, 2.24) is 0 Å². The van der Waals surface area contributed by atoms with Crippen LogP contribution >= 0.6 is 0 Å². The van der Waals surface area contributed by atoms with Gasteiger partial charge in [-0.3, -0.25) is 0 Å². The maximum Gasteiger partial charge on any atom is 0.118 e. The van der Waals surface area contributed by atoms with E-state index in [0.717, 1.165) is 22.6 Å². The highest BCUT2D eigenvalue weighted by Gasteiger charge is 2.11. The predicted octanol–water partition coefficient (Wildman–Crippen LogP) is 2.60. The number of benzene rings is 2. The van der Waals surface area contributed by atoms with Crippen LogP contribution in [0.3, 0.4) is 0 Å². The maximum atomic E-state index is 9.74. The lowest BCUT2D eigenvalue weighted by molar-refractivity contribution is 0.340. The van der Waals surface area contributed by atoms with Crippen molar-refractivity contribution in [2.75, 3.05) is 27.4 Å². The van der Waals surface area contributed by atoms with Gasteiger partial charge in [-0.2, -0.15) is 0 Å². The topological polar surface area (TPSA) is 58.9 Å². The van der Waals surface area contributed by atoms with E-state index in [1.54, 1.807) is 14.2 Å². The van der Waals surface area contributed by atoms with Crippen LogP contribution in [0.25, 0.3) is 11.1 Å². The summed E-state index contributed by atoms with van der Waals surface area (Å²) in [5.41, 5.74) is 3.08. The van der Waals surface area contributed by atoms with Gasteiger partial charge >= 0.3 is 0 Å². The summed E-state index contributed by atoms with van der Waals surface area (Å²) in [5, 5.41) is 19.5. The molecule has 0 amide bonds. The number of hydrogen-bond donors (Lipinski definition) is 2. The van der Waals surface area contributed by atoms with Crippen molar-refractivity contribution >= 4 is 11.1 Å². The first-order valence-corrected chi connectivity index (χ1v) is 6.96. The monoisotopic (exact) mass is 300 g/mol. The molecule has 2 N–H and O–H groups in total. The van der Waals surface area contributed by atoms with Gasteiger partial charge in [0.25, 0.3) is 0 Å². The second-order valence-corrected chi connectivity index (χ2v) is 4.73. The molecule has 0 aliphatic rings. The average molecular weight is 300 g/mol. The minimum absolute atomic E-state index is 0.158. The highest BCUT2D eigenvalue weighted by Crippen LogP contribution is 2.28. The summed E-state index contributed by atoms with van der Waals surface area (Å²) in [7, 11) is 3.21. The number of methoxy groups -OCH3 is 2. The summed E-state index contributed by atoms with van der Waals surface area (Å²) >= 11 is 0. The van der Waals surface area contributed by atoms with E-state index in [2.05, 4.69) is 0 Å². The molecule has 0 spiro atoms. The molecule has 0 bridgehead atoms. The summed E-state index contributed by atoms with van der Waals surface area (Å²) < 4.78 is 10.3. The fourth-order valence-corrected chi connectivity index (χ4v) is 2.31. The molecule has 0 heterocycles. The molecule has 2 aromatic rings. The fraction of sp³-hybridized carbons (Fsp3) is 0.222. The largest absolute Gasteiger partial charge is 0.497 e. The third-order valence-electron chi connectivity index (χ3n) is 3.56. The fourth-order valence-electron chi connectivity index (χ4n) is 2.31. The molecular weight excluding hydrogens is 280 g/mol. The lowest BCUT2D eigenvalue weighted by atomic mass is 9.95. The second-order valence-electron chi connectivity index (χ2n) is 4.73. The summed E-state index contributed by atoms with van der Waals surface area (Å²) in [6.45, 7) is -0.317. The predicted molar refractivity (Wildman–Crippen MR) is 87.0 cm³/mol. The molecular formula is C18H20O4. The van der Waals surface area contributed by atoms with Crippen molar-refractivity contribution in [1.29, 1.82) is 0 Å². The molecule has 0 radical (unpaired) electrons. The number of aliphatic hydroxyl groups is 2. The number of rotatable bonds is 6. The molecule has 0 aromatic heterocycles. The van der Waals surface area contributed by atoms with Crippen LogP contribution < -0.4 is 9.47 Å². The Hall–Kier alpha value is -2.30. The molecule has 4 nitrogen and oxygen atoms in total. The van der Waals surface area contributed by atoms with Gasteiger partial charge in [0.2, 0.25) is 0 Å². The first kappa shape index (κ1) is 16.1. The van der Waals surface area contributed by atoms with Crippen LogP contribution in [-0.4, -0.2) is 37.6 Å². The zero-order chi connectivity index (χ0) is 15.9. The molecule has 0 saturated heterocycles. The van der Waals surface area contributed by atoms with E-state index in [-0.39, 0.29) is 13.2 Å². The Kier molecular flexibility index (Phi) is 5.58. The lowest BCUT2D eigenvalue weighted by Crippen LogP contribution is -2.01. The van der Waals surface area contributed by atoms with Gasteiger partial charge in [0, 0.05) is 0 Å². The highest BCUT2D eigenvalue weighted by molar-refractivity contribution is 5.91. The molecule has 0 saturated carbocycles. The Morgan fingerprint density at radius 2 is 1.00 bits per heavy atom. The summed E-state index contributed by atoms with van der Waals surface area (Å²) in [5.74, 6) is 1.49. The van der Waals surface area contributed by atoms with Gasteiger partial charge in [0.05, 0.1) is 27.4 Å². The Morgan fingerprint density at radius 3 is 1.23 bits per heavy atom. The van der Waals surface area contributed by atoms with E-state index in [1.165, 1.54) is 0 Å². The van der Waals surface area contributed by atoms with Gasteiger partial charge in [-0.05, 0) is 46.5 Å². The summed E-state index contributed by atoms with van der Waals surface area (Å²) in [6, 6.07) is 14.8. The third-order valence-corrected chi connectivity index (χ3v) is 3.56. The SMILES string of the molecule is COc1ccc(/C(CO)=C(\CO)c2ccc(OC)cc2)cc1. The number of ether oxygens (including phenoxy) is 2. The Morgan fingerprint density at radius 1 is 0.682 bits per heavy atom. The molecule has 0 unspecified atom stereocenters. The number of hydrogen-bond acceptors (Lipinski definition) is 4. The van der Waals surface area contributed by atoms with Crippen LogP contribution in [0, 0.1) is 0 Å². The normalized spacial score (nSPS) is 11.8. The minimum Gasteiger partial charge on any atom is -0.497 e. The van der Waals surface area contributed by atoms with Crippen LogP contribution in [0.15, 0.2) is 48.5 Å². The van der Waals surface area contributed by atoms with Crippen LogP contribution in [0.2, 0.25) is 0 Å². The van der Waals surface area contributed by atoms with Crippen LogP contribution in [-0.2, 0) is 0 Å². The summed E-state index contributed by atoms with van der Waals surface area (Å²) in [6.07, 6.45) is 0. The van der Waals surface area contributed by atoms with Gasteiger partial charge in [-0.15, -0.1) is 0 Å². The molecule has 4 heteroatoms. The van der Waals surface area contributed by atoms with E-state index >= 15 is 0 Å². The Balaban J connectivity index is 2.46. The standard InChI is InChI=1S/C18H20O4/c1-21-15-7-3-13(4-8-15)17(11-19)18(12-20)14-5-9-16(22-2)10-6-14/h3-10,19-20H,11-12H2,1-2H3/b18-17+. The first-order valence-electron chi connectivity index (χ1n) is 6.96. The van der Waals surface area contributed by atoms with E-state index in [9.17, 15) is 10.2 Å². The van der Waals surface area contributed by atoms with Gasteiger partial charge in [0.1, 0.15) is 11.5 Å². The Labute approximate surface area is 130 Å². The Bertz CT molecular complexity index is 570. The molecule has 0 fully saturated rings. The van der Waals surface area contributed by atoms with E-state index < -0.39 is 0 Å². The zero-order valence-electron chi connectivity index (χ0n) is 12.7. The van der Waals surface area contributed by atoms with Crippen molar-refractivity contribution in [3.05, 3.63) is 59.7 Å². The molecule has 0 aliphatic heterocycles. The van der Waals surface area contributed by atoms with Crippen LogP contribution in [0.1, 0.15) is 11.1 Å². The van der Waals surface area contributed by atoms with Crippen molar-refractivity contribution < 1.29 is 19.7 Å². The van der Waals surface area contributed by atoms with Gasteiger partial charge in [-0.1, -0.05) is 24.3 Å². The molecule has 2 rings (SSSR count). The third kappa shape index (κ3) is 3.47. The lowest BCUT2D eigenvalue weighted by Gasteiger charge is -2.14. The van der Waals surface area contributed by atoms with Gasteiger partial charge in [-0.25, -0.2) is 0 Å². The minimum atomic E-state index is -0.158. The number of aliphatic hydroxyl groups excluding tert-OH is 2. The molecule has 0 atom stereocenters. The van der Waals surface area contributed by atoms with Gasteiger partial charge in [0.15, 0.2) is 0 Å². The first-order chi connectivity index (χ1) is 10.7. The maximum absolute atomic E-state index is 9.74. The second kappa shape index (κ2) is 7.64. The van der Waals surface area contributed by atoms with E-state index in [4.69, 9.17) is 9.47 Å². The summed E-state index contributed by atoms with van der Waals surface area (Å²) in [4.78, 5) is 0. The smallest absolute Gasteiger partial charge is 0.118 e. The van der Waals surface area contributed by atoms with Crippen molar-refractivity contribution in [3.8, 4) is 11.5 Å². The quantitative estimate of drug-likeness (QED) is 0.805. The van der Waals surface area contributed by atoms with Crippen molar-refractivity contribution in [2.24, 2.45) is 0 Å². The van der Waals surface area contributed by atoms with Crippen LogP contribution in [0.4, 0.5) is 0 Å². The molecule has 116 valence electrons. The van der Waals surface area contributed by atoms with Crippen molar-refractivity contribution in [2.45, 2.75) is 0 Å². The molecule has 0 aliphatic carbocycles. The van der Waals surface area contributed by atoms with Crippen LogP contribution in [0.5, 0.6) is 11.5 Å². The van der Waals surface area contributed by atoms with Crippen molar-refractivity contribution in [3.63, 3.8) is 0 Å². The van der Waals surface area contributed by atoms with Gasteiger partial charge < -0.3 is 19.7 Å². The molecule has 2 aromatic carbocycles. The average Bonchev–Trinajstić information content (AvgIpc) is 2.60. The zero-order valence-corrected chi connectivity index (χ0v) is 12.7. The van der Waals surface area contributed by atoms with E-state index in [0.29, 0.717) is 11.1 Å². The van der Waals surface area contributed by atoms with E-state index in [1.807, 2.05) is 48.5 Å². The highest BCUT2D eigenvalue weighted by atomic mass is 16.5. The molecule has 22 heavy (non-hydrogen) atoms.